The van der Waals surface area contributed by atoms with Crippen LogP contribution in [0.15, 0.2) is 199 Å². The Labute approximate surface area is 303 Å². The summed E-state index contributed by atoms with van der Waals surface area (Å²) in [5.74, 6) is 0. The molecule has 9 aromatic rings. The van der Waals surface area contributed by atoms with Crippen molar-refractivity contribution in [2.75, 3.05) is 4.90 Å². The van der Waals surface area contributed by atoms with Gasteiger partial charge in [0.25, 0.3) is 0 Å². The molecule has 0 amide bonds. The van der Waals surface area contributed by atoms with Gasteiger partial charge < -0.3 is 9.32 Å². The average molecular weight is 666 g/mol. The molecule has 2 nitrogen and oxygen atoms in total. The predicted molar refractivity (Wildman–Crippen MR) is 216 cm³/mol. The fraction of sp³-hybridized carbons (Fsp3) is 0.0400. The molecule has 246 valence electrons. The average Bonchev–Trinajstić information content (AvgIpc) is 3.75. The van der Waals surface area contributed by atoms with Crippen molar-refractivity contribution < 1.29 is 4.42 Å². The fourth-order valence-corrected chi connectivity index (χ4v) is 8.63. The first kappa shape index (κ1) is 30.2. The summed E-state index contributed by atoms with van der Waals surface area (Å²) in [6, 6.07) is 70.4. The van der Waals surface area contributed by atoms with Crippen LogP contribution >= 0.6 is 0 Å². The molecule has 0 radical (unpaired) electrons. The zero-order valence-corrected chi connectivity index (χ0v) is 28.8. The minimum absolute atomic E-state index is 0.516. The molecule has 0 atom stereocenters. The van der Waals surface area contributed by atoms with Crippen LogP contribution in [0.4, 0.5) is 17.1 Å². The first-order valence-electron chi connectivity index (χ1n) is 17.9. The standard InChI is InChI=1S/C50H35NO/c1-34-17-15-26-42-43-27-16-30-47(49(43)52-48(34)42)51(46-29-14-12-24-39(46)35-18-5-2-6-19-35)38-31-32-41-40-25-11-13-28-44(40)50(45(41)33-38,36-20-7-3-8-21-36)37-22-9-4-10-23-37/h2-33H,1H3. The number of hydrogen-bond acceptors (Lipinski definition) is 2. The van der Waals surface area contributed by atoms with Gasteiger partial charge in [-0.25, -0.2) is 0 Å². The summed E-state index contributed by atoms with van der Waals surface area (Å²) in [6.07, 6.45) is 0. The van der Waals surface area contributed by atoms with Crippen molar-refractivity contribution in [1.29, 1.82) is 0 Å². The second kappa shape index (κ2) is 12.0. The Kier molecular flexibility index (Phi) is 6.97. The molecule has 1 aliphatic rings. The third-order valence-corrected chi connectivity index (χ3v) is 10.9. The third-order valence-electron chi connectivity index (χ3n) is 10.9. The molecular formula is C50H35NO. The Morgan fingerprint density at radius 2 is 0.981 bits per heavy atom. The zero-order chi connectivity index (χ0) is 34.6. The number of fused-ring (bicyclic) bond motifs is 6. The monoisotopic (exact) mass is 665 g/mol. The number of furan rings is 1. The predicted octanol–water partition coefficient (Wildman–Crippen LogP) is 13.4. The molecule has 0 bridgehead atoms. The molecule has 1 aromatic heterocycles. The van der Waals surface area contributed by atoms with E-state index in [-0.39, 0.29) is 0 Å². The van der Waals surface area contributed by atoms with Crippen molar-refractivity contribution in [2.24, 2.45) is 0 Å². The Morgan fingerprint density at radius 3 is 1.71 bits per heavy atom. The molecule has 0 fully saturated rings. The number of benzene rings is 8. The van der Waals surface area contributed by atoms with E-state index in [1.54, 1.807) is 0 Å². The van der Waals surface area contributed by atoms with Gasteiger partial charge in [0.15, 0.2) is 5.58 Å². The highest BCUT2D eigenvalue weighted by atomic mass is 16.3. The highest BCUT2D eigenvalue weighted by Crippen LogP contribution is 2.57. The molecule has 0 N–H and O–H groups in total. The third kappa shape index (κ3) is 4.44. The van der Waals surface area contributed by atoms with Crippen LogP contribution in [-0.4, -0.2) is 0 Å². The summed E-state index contributed by atoms with van der Waals surface area (Å²) in [5, 5.41) is 2.24. The molecule has 0 spiro atoms. The van der Waals surface area contributed by atoms with Gasteiger partial charge in [-0.15, -0.1) is 0 Å². The van der Waals surface area contributed by atoms with Gasteiger partial charge in [-0.1, -0.05) is 170 Å². The number of nitrogens with zero attached hydrogens (tertiary/aromatic N) is 1. The quantitative estimate of drug-likeness (QED) is 0.176. The Hall–Kier alpha value is -6.64. The van der Waals surface area contributed by atoms with Gasteiger partial charge in [-0.2, -0.15) is 0 Å². The molecule has 1 heterocycles. The minimum atomic E-state index is -0.516. The van der Waals surface area contributed by atoms with Gasteiger partial charge in [0.2, 0.25) is 0 Å². The smallest absolute Gasteiger partial charge is 0.159 e. The Morgan fingerprint density at radius 1 is 0.423 bits per heavy atom. The molecular weight excluding hydrogens is 631 g/mol. The van der Waals surface area contributed by atoms with Crippen LogP contribution in [0.3, 0.4) is 0 Å². The number of rotatable bonds is 6. The lowest BCUT2D eigenvalue weighted by molar-refractivity contribution is 0.666. The van der Waals surface area contributed by atoms with Crippen LogP contribution in [0.5, 0.6) is 0 Å². The summed E-state index contributed by atoms with van der Waals surface area (Å²) in [7, 11) is 0. The van der Waals surface area contributed by atoms with E-state index in [1.807, 2.05) is 0 Å². The van der Waals surface area contributed by atoms with Gasteiger partial charge in [0, 0.05) is 22.0 Å². The molecule has 8 aromatic carbocycles. The normalized spacial score (nSPS) is 12.9. The first-order valence-corrected chi connectivity index (χ1v) is 17.9. The number of hydrogen-bond donors (Lipinski definition) is 0. The molecule has 0 saturated heterocycles. The van der Waals surface area contributed by atoms with Crippen molar-refractivity contribution in [3.63, 3.8) is 0 Å². The summed E-state index contributed by atoms with van der Waals surface area (Å²) >= 11 is 0. The van der Waals surface area contributed by atoms with Gasteiger partial charge in [0.05, 0.1) is 16.8 Å². The Balaban J connectivity index is 1.31. The lowest BCUT2D eigenvalue weighted by Gasteiger charge is -2.35. The van der Waals surface area contributed by atoms with Crippen molar-refractivity contribution in [3.05, 3.63) is 222 Å². The van der Waals surface area contributed by atoms with Crippen molar-refractivity contribution in [3.8, 4) is 22.3 Å². The summed E-state index contributed by atoms with van der Waals surface area (Å²) in [4.78, 5) is 2.41. The molecule has 10 rings (SSSR count). The van der Waals surface area contributed by atoms with Crippen molar-refractivity contribution >= 4 is 39.0 Å². The molecule has 0 saturated carbocycles. The molecule has 0 aliphatic heterocycles. The maximum atomic E-state index is 6.87. The zero-order valence-electron chi connectivity index (χ0n) is 28.8. The summed E-state index contributed by atoms with van der Waals surface area (Å²) in [6.45, 7) is 2.12. The van der Waals surface area contributed by atoms with E-state index in [9.17, 15) is 0 Å². The maximum absolute atomic E-state index is 6.87. The molecule has 0 unspecified atom stereocenters. The fourth-order valence-electron chi connectivity index (χ4n) is 8.63. The van der Waals surface area contributed by atoms with E-state index >= 15 is 0 Å². The van der Waals surface area contributed by atoms with Crippen LogP contribution in [0.25, 0.3) is 44.2 Å². The van der Waals surface area contributed by atoms with Crippen LogP contribution in [0.1, 0.15) is 27.8 Å². The maximum Gasteiger partial charge on any atom is 0.159 e. The van der Waals surface area contributed by atoms with Crippen LogP contribution in [0.2, 0.25) is 0 Å². The number of aryl methyl sites for hydroxylation is 1. The number of anilines is 3. The highest BCUT2D eigenvalue weighted by Gasteiger charge is 2.46. The van der Waals surface area contributed by atoms with Crippen molar-refractivity contribution in [1.82, 2.24) is 0 Å². The molecule has 2 heteroatoms. The van der Waals surface area contributed by atoms with Gasteiger partial charge in [-0.3, -0.25) is 0 Å². The van der Waals surface area contributed by atoms with Crippen LogP contribution < -0.4 is 4.90 Å². The Bertz CT molecular complexity index is 2710. The van der Waals surface area contributed by atoms with E-state index in [4.69, 9.17) is 4.42 Å². The van der Waals surface area contributed by atoms with E-state index < -0.39 is 5.41 Å². The summed E-state index contributed by atoms with van der Waals surface area (Å²) in [5.41, 5.74) is 15.4. The second-order valence-corrected chi connectivity index (χ2v) is 13.7. The first-order chi connectivity index (χ1) is 25.7. The van der Waals surface area contributed by atoms with Gasteiger partial charge >= 0.3 is 0 Å². The van der Waals surface area contributed by atoms with Gasteiger partial charge in [0.1, 0.15) is 5.58 Å². The SMILES string of the molecule is Cc1cccc2c1oc1c(N(c3ccc4c(c3)C(c3ccccc3)(c3ccccc3)c3ccccc3-4)c3ccccc3-c3ccccc3)cccc12. The van der Waals surface area contributed by atoms with Crippen molar-refractivity contribution in [2.45, 2.75) is 12.3 Å². The molecule has 1 aliphatic carbocycles. The largest absolute Gasteiger partial charge is 0.454 e. The molecule has 52 heavy (non-hydrogen) atoms. The lowest BCUT2D eigenvalue weighted by atomic mass is 9.67. The topological polar surface area (TPSA) is 16.4 Å². The van der Waals surface area contributed by atoms with E-state index in [0.717, 1.165) is 55.7 Å². The highest BCUT2D eigenvalue weighted by molar-refractivity contribution is 6.11. The number of para-hydroxylation sites is 3. The summed E-state index contributed by atoms with van der Waals surface area (Å²) < 4.78 is 6.87. The van der Waals surface area contributed by atoms with Crippen LogP contribution in [0, 0.1) is 6.92 Å². The van der Waals surface area contributed by atoms with Gasteiger partial charge in [-0.05, 0) is 75.7 Å². The van der Waals surface area contributed by atoms with Crippen LogP contribution in [-0.2, 0) is 5.41 Å². The van der Waals surface area contributed by atoms with E-state index in [1.165, 1.54) is 33.4 Å². The van der Waals surface area contributed by atoms with E-state index in [0.29, 0.717) is 0 Å². The lowest BCUT2D eigenvalue weighted by Crippen LogP contribution is -2.28. The second-order valence-electron chi connectivity index (χ2n) is 13.7. The van der Waals surface area contributed by atoms with E-state index in [2.05, 4.69) is 206 Å². The minimum Gasteiger partial charge on any atom is -0.454 e.